The summed E-state index contributed by atoms with van der Waals surface area (Å²) in [5.41, 5.74) is 0. The monoisotopic (exact) mass is 114 g/mol. The molecule has 44 valence electrons. The predicted octanol–water partition coefficient (Wildman–Crippen LogP) is 0.119. The van der Waals surface area contributed by atoms with E-state index in [4.69, 9.17) is 10.3 Å². The molecule has 1 rings (SSSR count). The molecule has 0 saturated heterocycles. The molecular weight excluding hydrogens is 108 g/mol. The quantitative estimate of drug-likeness (QED) is 0.470. The van der Waals surface area contributed by atoms with Gasteiger partial charge in [0.25, 0.3) is 0 Å². The van der Waals surface area contributed by atoms with Gasteiger partial charge >= 0.3 is 0 Å². The molecule has 1 aliphatic heterocycles. The average molecular weight is 114 g/mol. The largest absolute Gasteiger partial charge is 0.509 e. The molecule has 0 spiro atoms. The third kappa shape index (κ3) is 0.974. The summed E-state index contributed by atoms with van der Waals surface area (Å²) in [6, 6.07) is 0. The number of nitrogens with zero attached hydrogens (tertiary/aromatic N) is 2. The van der Waals surface area contributed by atoms with E-state index in [1.807, 2.05) is 0 Å². The third-order valence-corrected chi connectivity index (χ3v) is 0.748. The molecule has 0 aromatic carbocycles. The molecule has 4 heteroatoms. The van der Waals surface area contributed by atoms with Crippen molar-refractivity contribution in [1.29, 1.82) is 0 Å². The first-order chi connectivity index (χ1) is 3.79. The van der Waals surface area contributed by atoms with E-state index in [1.165, 1.54) is 12.5 Å². The van der Waals surface area contributed by atoms with Crippen molar-refractivity contribution < 1.29 is 10.3 Å². The number of hydrogen-bond acceptors (Lipinski definition) is 4. The second-order valence-electron chi connectivity index (χ2n) is 1.48. The van der Waals surface area contributed by atoms with Gasteiger partial charge in [0.05, 0.1) is 6.20 Å². The van der Waals surface area contributed by atoms with Gasteiger partial charge in [0, 0.05) is 0 Å². The molecule has 0 aromatic heterocycles. The molecule has 0 aromatic rings. The van der Waals surface area contributed by atoms with E-state index in [2.05, 4.69) is 4.99 Å². The van der Waals surface area contributed by atoms with E-state index in [-0.39, 0.29) is 12.3 Å². The van der Waals surface area contributed by atoms with Gasteiger partial charge < -0.3 is 5.11 Å². The molecular formula is C4H6N2O2. The molecule has 0 aliphatic carbocycles. The van der Waals surface area contributed by atoms with Crippen LogP contribution >= 0.6 is 0 Å². The van der Waals surface area contributed by atoms with Gasteiger partial charge in [-0.25, -0.2) is 10.1 Å². The van der Waals surface area contributed by atoms with E-state index in [1.54, 1.807) is 0 Å². The average Bonchev–Trinajstić information content (AvgIpc) is 1.64. The Bertz CT molecular complexity index is 141. The molecule has 0 amide bonds. The maximum Gasteiger partial charge on any atom is 0.132 e. The third-order valence-electron chi connectivity index (χ3n) is 0.748. The van der Waals surface area contributed by atoms with Crippen molar-refractivity contribution in [2.75, 3.05) is 6.54 Å². The predicted molar refractivity (Wildman–Crippen MR) is 27.7 cm³/mol. The first-order valence-electron chi connectivity index (χ1n) is 2.16. The van der Waals surface area contributed by atoms with Crippen LogP contribution in [0.3, 0.4) is 0 Å². The van der Waals surface area contributed by atoms with Crippen LogP contribution in [0.15, 0.2) is 17.0 Å². The van der Waals surface area contributed by atoms with Crippen molar-refractivity contribution in [1.82, 2.24) is 5.06 Å². The maximum atomic E-state index is 8.63. The molecule has 1 aliphatic rings. The number of aliphatic hydroxyl groups is 1. The lowest BCUT2D eigenvalue weighted by atomic mass is 10.5. The van der Waals surface area contributed by atoms with Gasteiger partial charge in [-0.3, -0.25) is 5.21 Å². The Kier molecular flexibility index (Phi) is 1.17. The van der Waals surface area contributed by atoms with Crippen molar-refractivity contribution >= 4 is 6.34 Å². The van der Waals surface area contributed by atoms with Gasteiger partial charge in [-0.2, -0.15) is 0 Å². The lowest BCUT2D eigenvalue weighted by Gasteiger charge is -2.11. The minimum absolute atomic E-state index is 0.0648. The fourth-order valence-corrected chi connectivity index (χ4v) is 0.444. The van der Waals surface area contributed by atoms with Gasteiger partial charge in [0.2, 0.25) is 0 Å². The molecule has 0 unspecified atom stereocenters. The van der Waals surface area contributed by atoms with Crippen LogP contribution in [0.2, 0.25) is 0 Å². The second kappa shape index (κ2) is 1.83. The Morgan fingerprint density at radius 3 is 2.88 bits per heavy atom. The Balaban J connectivity index is 2.59. The zero-order chi connectivity index (χ0) is 5.98. The van der Waals surface area contributed by atoms with Crippen LogP contribution in [0.1, 0.15) is 0 Å². The first kappa shape index (κ1) is 5.11. The van der Waals surface area contributed by atoms with Crippen molar-refractivity contribution in [2.45, 2.75) is 0 Å². The van der Waals surface area contributed by atoms with Crippen molar-refractivity contribution in [2.24, 2.45) is 4.99 Å². The lowest BCUT2D eigenvalue weighted by Crippen LogP contribution is -2.21. The number of hydroxylamine groups is 2. The van der Waals surface area contributed by atoms with Gasteiger partial charge in [-0.1, -0.05) is 0 Å². The Morgan fingerprint density at radius 1 is 1.75 bits per heavy atom. The van der Waals surface area contributed by atoms with E-state index in [0.717, 1.165) is 5.06 Å². The van der Waals surface area contributed by atoms with Gasteiger partial charge in [-0.15, -0.1) is 0 Å². The molecule has 1 heterocycles. The van der Waals surface area contributed by atoms with Crippen LogP contribution in [0.5, 0.6) is 0 Å². The summed E-state index contributed by atoms with van der Waals surface area (Å²) in [4.78, 5) is 3.48. The summed E-state index contributed by atoms with van der Waals surface area (Å²) < 4.78 is 0. The Morgan fingerprint density at radius 2 is 2.50 bits per heavy atom. The Hall–Kier alpha value is -1.03. The molecule has 0 atom stereocenters. The van der Waals surface area contributed by atoms with Gasteiger partial charge in [-0.05, 0) is 0 Å². The molecule has 0 saturated carbocycles. The summed E-state index contributed by atoms with van der Waals surface area (Å²) in [7, 11) is 0. The van der Waals surface area contributed by atoms with Gasteiger partial charge in [0.15, 0.2) is 0 Å². The number of aliphatic imine (C=N–C) groups is 1. The summed E-state index contributed by atoms with van der Waals surface area (Å²) in [5, 5.41) is 18.0. The lowest BCUT2D eigenvalue weighted by molar-refractivity contribution is -0.00915. The molecule has 4 nitrogen and oxygen atoms in total. The van der Waals surface area contributed by atoms with E-state index in [9.17, 15) is 0 Å². The van der Waals surface area contributed by atoms with E-state index < -0.39 is 0 Å². The van der Waals surface area contributed by atoms with E-state index in [0.29, 0.717) is 0 Å². The normalized spacial score (nSPS) is 18.6. The molecule has 0 bridgehead atoms. The minimum atomic E-state index is 0.0648. The first-order valence-corrected chi connectivity index (χ1v) is 2.16. The van der Waals surface area contributed by atoms with Crippen LogP contribution in [-0.2, 0) is 0 Å². The van der Waals surface area contributed by atoms with Gasteiger partial charge in [0.1, 0.15) is 18.6 Å². The number of aliphatic hydroxyl groups excluding tert-OH is 1. The zero-order valence-electron chi connectivity index (χ0n) is 4.15. The second-order valence-corrected chi connectivity index (χ2v) is 1.48. The SMILES string of the molecule is OC1=CN=CN(O)C1. The molecule has 8 heavy (non-hydrogen) atoms. The zero-order valence-corrected chi connectivity index (χ0v) is 4.15. The topological polar surface area (TPSA) is 56.1 Å². The molecule has 0 radical (unpaired) electrons. The highest BCUT2D eigenvalue weighted by molar-refractivity contribution is 5.55. The van der Waals surface area contributed by atoms with Crippen LogP contribution in [0, 0.1) is 0 Å². The highest BCUT2D eigenvalue weighted by Gasteiger charge is 2.01. The minimum Gasteiger partial charge on any atom is -0.509 e. The van der Waals surface area contributed by atoms with Crippen molar-refractivity contribution in [3.8, 4) is 0 Å². The summed E-state index contributed by atoms with van der Waals surface area (Å²) in [5.74, 6) is 0.0648. The summed E-state index contributed by atoms with van der Waals surface area (Å²) in [6.07, 6.45) is 2.51. The Labute approximate surface area is 46.3 Å². The standard InChI is InChI=1S/C4H6N2O2/c7-4-1-5-3-6(8)2-4/h1,3,7-8H,2H2. The summed E-state index contributed by atoms with van der Waals surface area (Å²) >= 11 is 0. The van der Waals surface area contributed by atoms with Crippen molar-refractivity contribution in [3.63, 3.8) is 0 Å². The summed E-state index contributed by atoms with van der Waals surface area (Å²) in [6.45, 7) is 0.128. The van der Waals surface area contributed by atoms with E-state index >= 15 is 0 Å². The molecule has 2 N–H and O–H groups in total. The highest BCUT2D eigenvalue weighted by Crippen LogP contribution is 1.95. The van der Waals surface area contributed by atoms with Crippen LogP contribution in [-0.4, -0.2) is 28.3 Å². The highest BCUT2D eigenvalue weighted by atomic mass is 16.5. The maximum absolute atomic E-state index is 8.63. The smallest absolute Gasteiger partial charge is 0.132 e. The fourth-order valence-electron chi connectivity index (χ4n) is 0.444. The fraction of sp³-hybridized carbons (Fsp3) is 0.250. The molecule has 0 fully saturated rings. The number of rotatable bonds is 0. The number of hydrogen-bond donors (Lipinski definition) is 2. The van der Waals surface area contributed by atoms with Crippen LogP contribution in [0.25, 0.3) is 0 Å². The van der Waals surface area contributed by atoms with Crippen molar-refractivity contribution in [3.05, 3.63) is 12.0 Å². The van der Waals surface area contributed by atoms with Crippen LogP contribution in [0.4, 0.5) is 0 Å². The van der Waals surface area contributed by atoms with Crippen LogP contribution < -0.4 is 0 Å².